The van der Waals surface area contributed by atoms with Crippen molar-refractivity contribution in [2.24, 2.45) is 10.8 Å². The third-order valence-corrected chi connectivity index (χ3v) is 2.18. The smallest absolute Gasteiger partial charge is 0.0555 e. The molecule has 1 aliphatic rings. The van der Waals surface area contributed by atoms with Gasteiger partial charge in [0.2, 0.25) is 0 Å². The standard InChI is InChI=1S/C7H15N3S/c1-11-10-9-7-5-3-2-4-6(7)8/h6,10H,2-5,8H2,1H3/b9-7-. The fourth-order valence-electron chi connectivity index (χ4n) is 1.27. The Morgan fingerprint density at radius 1 is 1.64 bits per heavy atom. The van der Waals surface area contributed by atoms with Crippen molar-refractivity contribution < 1.29 is 0 Å². The summed E-state index contributed by atoms with van der Waals surface area (Å²) in [5.41, 5.74) is 6.97. The van der Waals surface area contributed by atoms with Gasteiger partial charge in [0.1, 0.15) is 0 Å². The highest BCUT2D eigenvalue weighted by Crippen LogP contribution is 2.13. The number of nitrogens with one attached hydrogen (secondary N) is 1. The summed E-state index contributed by atoms with van der Waals surface area (Å²) in [6.45, 7) is 0. The molecule has 1 aliphatic carbocycles. The molecular formula is C7H15N3S. The van der Waals surface area contributed by atoms with E-state index in [-0.39, 0.29) is 6.04 Å². The van der Waals surface area contributed by atoms with Crippen LogP contribution in [0, 0.1) is 0 Å². The molecule has 0 radical (unpaired) electrons. The van der Waals surface area contributed by atoms with Gasteiger partial charge >= 0.3 is 0 Å². The average molecular weight is 173 g/mol. The minimum absolute atomic E-state index is 0.198. The highest BCUT2D eigenvalue weighted by molar-refractivity contribution is 7.96. The Hall–Kier alpha value is -0.220. The molecule has 4 heteroatoms. The van der Waals surface area contributed by atoms with E-state index in [1.54, 1.807) is 0 Å². The highest BCUT2D eigenvalue weighted by Gasteiger charge is 2.15. The van der Waals surface area contributed by atoms with Gasteiger partial charge in [0.25, 0.3) is 0 Å². The number of hydrogen-bond donors (Lipinski definition) is 2. The molecule has 0 amide bonds. The van der Waals surface area contributed by atoms with Crippen molar-refractivity contribution in [2.45, 2.75) is 31.7 Å². The van der Waals surface area contributed by atoms with E-state index in [1.807, 2.05) is 6.26 Å². The number of nitrogens with zero attached hydrogens (tertiary/aromatic N) is 1. The third-order valence-electron chi connectivity index (χ3n) is 1.91. The second-order valence-electron chi connectivity index (χ2n) is 2.75. The van der Waals surface area contributed by atoms with Gasteiger partial charge in [0.15, 0.2) is 0 Å². The minimum atomic E-state index is 0.198. The third kappa shape index (κ3) is 2.71. The van der Waals surface area contributed by atoms with Crippen molar-refractivity contribution in [1.29, 1.82) is 0 Å². The highest BCUT2D eigenvalue weighted by atomic mass is 32.2. The lowest BCUT2D eigenvalue weighted by atomic mass is 9.94. The molecule has 1 rings (SSSR count). The van der Waals surface area contributed by atoms with Crippen LogP contribution < -0.4 is 10.6 Å². The Kier molecular flexibility index (Phi) is 3.72. The first kappa shape index (κ1) is 8.87. The van der Waals surface area contributed by atoms with Crippen LogP contribution in [0.2, 0.25) is 0 Å². The number of rotatable bonds is 2. The molecule has 1 saturated carbocycles. The quantitative estimate of drug-likeness (QED) is 0.486. The van der Waals surface area contributed by atoms with Crippen LogP contribution in [0.25, 0.3) is 0 Å². The van der Waals surface area contributed by atoms with E-state index < -0.39 is 0 Å². The summed E-state index contributed by atoms with van der Waals surface area (Å²) in [5.74, 6) is 0. The van der Waals surface area contributed by atoms with E-state index in [4.69, 9.17) is 5.73 Å². The monoisotopic (exact) mass is 173 g/mol. The van der Waals surface area contributed by atoms with E-state index in [2.05, 4.69) is 9.93 Å². The maximum absolute atomic E-state index is 5.84. The van der Waals surface area contributed by atoms with Crippen LogP contribution in [0.15, 0.2) is 5.10 Å². The van der Waals surface area contributed by atoms with Crippen LogP contribution >= 0.6 is 11.9 Å². The summed E-state index contributed by atoms with van der Waals surface area (Å²) in [7, 11) is 0. The molecular weight excluding hydrogens is 158 g/mol. The summed E-state index contributed by atoms with van der Waals surface area (Å²) in [5, 5.41) is 4.19. The Balaban J connectivity index is 2.40. The molecule has 3 nitrogen and oxygen atoms in total. The zero-order valence-corrected chi connectivity index (χ0v) is 7.66. The number of hydrazone groups is 1. The summed E-state index contributed by atoms with van der Waals surface area (Å²) in [6.07, 6.45) is 6.60. The van der Waals surface area contributed by atoms with Gasteiger partial charge in [-0.05, 0) is 31.2 Å². The molecule has 0 aromatic carbocycles. The lowest BCUT2D eigenvalue weighted by Crippen LogP contribution is -2.34. The predicted molar refractivity (Wildman–Crippen MR) is 50.5 cm³/mol. The molecule has 0 bridgehead atoms. The topological polar surface area (TPSA) is 50.4 Å². The first-order valence-corrected chi connectivity index (χ1v) is 5.17. The van der Waals surface area contributed by atoms with Gasteiger partial charge in [-0.25, -0.2) is 0 Å². The molecule has 0 saturated heterocycles. The van der Waals surface area contributed by atoms with Gasteiger partial charge in [0, 0.05) is 12.3 Å². The SMILES string of the molecule is CSN/N=C1/CCCCC1N. The first-order valence-electron chi connectivity index (χ1n) is 3.94. The summed E-state index contributed by atoms with van der Waals surface area (Å²) in [4.78, 5) is 2.87. The predicted octanol–water partition coefficient (Wildman–Crippen LogP) is 1.11. The Labute approximate surface area is 71.9 Å². The van der Waals surface area contributed by atoms with Crippen molar-refractivity contribution in [2.75, 3.05) is 6.26 Å². The van der Waals surface area contributed by atoms with Crippen molar-refractivity contribution in [1.82, 2.24) is 4.83 Å². The fraction of sp³-hybridized carbons (Fsp3) is 0.857. The molecule has 3 N–H and O–H groups in total. The minimum Gasteiger partial charge on any atom is -0.323 e. The molecule has 64 valence electrons. The normalized spacial score (nSPS) is 28.9. The van der Waals surface area contributed by atoms with E-state index in [1.165, 1.54) is 24.8 Å². The number of hydrogen-bond acceptors (Lipinski definition) is 4. The molecule has 0 aromatic heterocycles. The van der Waals surface area contributed by atoms with Crippen molar-refractivity contribution in [3.05, 3.63) is 0 Å². The molecule has 0 spiro atoms. The van der Waals surface area contributed by atoms with Crippen molar-refractivity contribution in [3.63, 3.8) is 0 Å². The molecule has 1 unspecified atom stereocenters. The van der Waals surface area contributed by atoms with Gasteiger partial charge in [0.05, 0.1) is 5.71 Å². The molecule has 0 heterocycles. The summed E-state index contributed by atoms with van der Waals surface area (Å²) in [6, 6.07) is 0.198. The molecule has 11 heavy (non-hydrogen) atoms. The zero-order chi connectivity index (χ0) is 8.10. The van der Waals surface area contributed by atoms with E-state index in [0.717, 1.165) is 18.6 Å². The lowest BCUT2D eigenvalue weighted by Gasteiger charge is -2.19. The van der Waals surface area contributed by atoms with Crippen LogP contribution in [0.3, 0.4) is 0 Å². The molecule has 1 fully saturated rings. The van der Waals surface area contributed by atoms with Crippen LogP contribution in [0.1, 0.15) is 25.7 Å². The Morgan fingerprint density at radius 3 is 3.09 bits per heavy atom. The van der Waals surface area contributed by atoms with Gasteiger partial charge in [-0.3, -0.25) is 4.83 Å². The zero-order valence-electron chi connectivity index (χ0n) is 6.84. The van der Waals surface area contributed by atoms with E-state index in [0.29, 0.717) is 0 Å². The second kappa shape index (κ2) is 4.62. The molecule has 0 aliphatic heterocycles. The second-order valence-corrected chi connectivity index (χ2v) is 3.34. The Morgan fingerprint density at radius 2 is 2.45 bits per heavy atom. The maximum atomic E-state index is 5.84. The average Bonchev–Trinajstić information content (AvgIpc) is 2.03. The number of nitrogens with two attached hydrogens (primary N) is 1. The van der Waals surface area contributed by atoms with Crippen LogP contribution in [0.4, 0.5) is 0 Å². The van der Waals surface area contributed by atoms with Gasteiger partial charge in [-0.15, -0.1) is 0 Å². The van der Waals surface area contributed by atoms with Crippen molar-refractivity contribution in [3.8, 4) is 0 Å². The van der Waals surface area contributed by atoms with Crippen molar-refractivity contribution >= 4 is 17.7 Å². The van der Waals surface area contributed by atoms with Crippen LogP contribution in [0.5, 0.6) is 0 Å². The van der Waals surface area contributed by atoms with E-state index >= 15 is 0 Å². The van der Waals surface area contributed by atoms with E-state index in [9.17, 15) is 0 Å². The largest absolute Gasteiger partial charge is 0.323 e. The maximum Gasteiger partial charge on any atom is 0.0555 e. The Bertz CT molecular complexity index is 147. The van der Waals surface area contributed by atoms with Gasteiger partial charge < -0.3 is 5.73 Å². The van der Waals surface area contributed by atoms with Crippen LogP contribution in [-0.4, -0.2) is 18.0 Å². The lowest BCUT2D eigenvalue weighted by molar-refractivity contribution is 0.603. The fourth-order valence-corrected chi connectivity index (χ4v) is 1.47. The molecule has 1 atom stereocenters. The van der Waals surface area contributed by atoms with Gasteiger partial charge in [-0.1, -0.05) is 6.42 Å². The molecule has 0 aromatic rings. The van der Waals surface area contributed by atoms with Crippen LogP contribution in [-0.2, 0) is 0 Å². The summed E-state index contributed by atoms with van der Waals surface area (Å²) < 4.78 is 0. The first-order chi connectivity index (χ1) is 5.34. The van der Waals surface area contributed by atoms with Gasteiger partial charge in [-0.2, -0.15) is 5.10 Å². The summed E-state index contributed by atoms with van der Waals surface area (Å²) >= 11 is 1.50.